The molecule has 172 valence electrons. The van der Waals surface area contributed by atoms with Gasteiger partial charge in [0.1, 0.15) is 11.9 Å². The van der Waals surface area contributed by atoms with E-state index in [2.05, 4.69) is 10.6 Å². The van der Waals surface area contributed by atoms with Crippen LogP contribution in [0.25, 0.3) is 0 Å². The highest BCUT2D eigenvalue weighted by atomic mass is 32.2. The number of piperidine rings is 1. The van der Waals surface area contributed by atoms with Crippen LogP contribution in [0.4, 0.5) is 4.39 Å². The summed E-state index contributed by atoms with van der Waals surface area (Å²) in [6, 6.07) is 13.6. The van der Waals surface area contributed by atoms with E-state index in [0.29, 0.717) is 32.4 Å². The standard InChI is InChI=1S/C23H28FN3O4S/c1-17(22(28)25-14-13-18-6-3-2-4-7-18)26-23(29)19-8-5-15-27(16-19)32(30,31)21-11-9-20(24)10-12-21/h2-4,6-7,9-12,17,19H,5,8,13-16H2,1H3,(H,25,28)(H,26,29)/t17-,19+/m0/s1. The molecule has 1 aliphatic heterocycles. The molecular formula is C23H28FN3O4S. The Balaban J connectivity index is 1.51. The van der Waals surface area contributed by atoms with Crippen molar-refractivity contribution < 1.29 is 22.4 Å². The van der Waals surface area contributed by atoms with Crippen LogP contribution in [-0.2, 0) is 26.0 Å². The second-order valence-corrected chi connectivity index (χ2v) is 9.85. The van der Waals surface area contributed by atoms with E-state index in [9.17, 15) is 22.4 Å². The van der Waals surface area contributed by atoms with Gasteiger partial charge in [-0.2, -0.15) is 4.31 Å². The van der Waals surface area contributed by atoms with E-state index in [1.54, 1.807) is 6.92 Å². The maximum absolute atomic E-state index is 13.1. The van der Waals surface area contributed by atoms with Gasteiger partial charge in [-0.1, -0.05) is 30.3 Å². The lowest BCUT2D eigenvalue weighted by Crippen LogP contribution is -2.50. The van der Waals surface area contributed by atoms with Crippen molar-refractivity contribution in [3.05, 3.63) is 66.0 Å². The third-order valence-corrected chi connectivity index (χ3v) is 7.39. The molecule has 3 rings (SSSR count). The van der Waals surface area contributed by atoms with Crippen molar-refractivity contribution in [1.82, 2.24) is 14.9 Å². The van der Waals surface area contributed by atoms with E-state index < -0.39 is 27.8 Å². The first-order valence-corrected chi connectivity index (χ1v) is 12.1. The van der Waals surface area contributed by atoms with Crippen LogP contribution in [0.15, 0.2) is 59.5 Å². The summed E-state index contributed by atoms with van der Waals surface area (Å²) in [4.78, 5) is 25.0. The summed E-state index contributed by atoms with van der Waals surface area (Å²) in [5.74, 6) is -1.72. The zero-order valence-electron chi connectivity index (χ0n) is 18.0. The number of halogens is 1. The highest BCUT2D eigenvalue weighted by Crippen LogP contribution is 2.24. The molecule has 2 aromatic rings. The third kappa shape index (κ3) is 6.14. The fraction of sp³-hybridized carbons (Fsp3) is 0.391. The van der Waals surface area contributed by atoms with Gasteiger partial charge >= 0.3 is 0 Å². The summed E-state index contributed by atoms with van der Waals surface area (Å²) in [5.41, 5.74) is 1.11. The molecule has 1 fully saturated rings. The van der Waals surface area contributed by atoms with Crippen molar-refractivity contribution in [2.24, 2.45) is 5.92 Å². The Morgan fingerprint density at radius 3 is 2.50 bits per heavy atom. The summed E-state index contributed by atoms with van der Waals surface area (Å²) < 4.78 is 40.1. The first-order valence-electron chi connectivity index (χ1n) is 10.6. The first-order chi connectivity index (χ1) is 15.3. The Labute approximate surface area is 188 Å². The average molecular weight is 462 g/mol. The lowest BCUT2D eigenvalue weighted by Gasteiger charge is -2.31. The third-order valence-electron chi connectivity index (χ3n) is 5.51. The summed E-state index contributed by atoms with van der Waals surface area (Å²) in [6.07, 6.45) is 1.74. The number of hydrogen-bond acceptors (Lipinski definition) is 4. The van der Waals surface area contributed by atoms with Gasteiger partial charge in [0.2, 0.25) is 21.8 Å². The monoisotopic (exact) mass is 461 g/mol. The number of nitrogens with one attached hydrogen (secondary N) is 2. The van der Waals surface area contributed by atoms with Gasteiger partial charge < -0.3 is 10.6 Å². The zero-order chi connectivity index (χ0) is 23.1. The summed E-state index contributed by atoms with van der Waals surface area (Å²) >= 11 is 0. The van der Waals surface area contributed by atoms with Crippen LogP contribution >= 0.6 is 0 Å². The highest BCUT2D eigenvalue weighted by Gasteiger charge is 2.34. The Morgan fingerprint density at radius 2 is 1.81 bits per heavy atom. The number of sulfonamides is 1. The molecule has 0 spiro atoms. The molecule has 2 atom stereocenters. The Morgan fingerprint density at radius 1 is 1.12 bits per heavy atom. The Hall–Kier alpha value is -2.78. The number of carbonyl (C=O) groups is 2. The van der Waals surface area contributed by atoms with Crippen LogP contribution in [-0.4, -0.2) is 50.2 Å². The molecule has 2 N–H and O–H groups in total. The van der Waals surface area contributed by atoms with E-state index in [0.717, 1.165) is 17.7 Å². The van der Waals surface area contributed by atoms with Crippen molar-refractivity contribution in [1.29, 1.82) is 0 Å². The smallest absolute Gasteiger partial charge is 0.243 e. The molecule has 0 aliphatic carbocycles. The van der Waals surface area contributed by atoms with Gasteiger partial charge in [-0.15, -0.1) is 0 Å². The van der Waals surface area contributed by atoms with Gasteiger partial charge in [0, 0.05) is 19.6 Å². The number of benzene rings is 2. The van der Waals surface area contributed by atoms with E-state index in [4.69, 9.17) is 0 Å². The van der Waals surface area contributed by atoms with E-state index in [1.165, 1.54) is 16.4 Å². The number of rotatable bonds is 8. The molecular weight excluding hydrogens is 433 g/mol. The molecule has 1 heterocycles. The molecule has 9 heteroatoms. The van der Waals surface area contributed by atoms with Gasteiger partial charge in [0.05, 0.1) is 10.8 Å². The zero-order valence-corrected chi connectivity index (χ0v) is 18.8. The number of amides is 2. The topological polar surface area (TPSA) is 95.6 Å². The normalized spacial score (nSPS) is 18.0. The average Bonchev–Trinajstić information content (AvgIpc) is 2.80. The minimum absolute atomic E-state index is 0.00822. The largest absolute Gasteiger partial charge is 0.354 e. The van der Waals surface area contributed by atoms with Gasteiger partial charge in [0.15, 0.2) is 0 Å². The van der Waals surface area contributed by atoms with Crippen LogP contribution in [0.5, 0.6) is 0 Å². The van der Waals surface area contributed by atoms with Crippen molar-refractivity contribution in [3.63, 3.8) is 0 Å². The fourth-order valence-electron chi connectivity index (χ4n) is 3.65. The van der Waals surface area contributed by atoms with Crippen LogP contribution in [0.3, 0.4) is 0 Å². The van der Waals surface area contributed by atoms with Crippen LogP contribution in [0, 0.1) is 11.7 Å². The predicted octanol–water partition coefficient (Wildman–Crippen LogP) is 2.09. The second-order valence-electron chi connectivity index (χ2n) is 7.91. The maximum Gasteiger partial charge on any atom is 0.243 e. The Kier molecular flexibility index (Phi) is 7.98. The second kappa shape index (κ2) is 10.7. The first kappa shape index (κ1) is 23.9. The van der Waals surface area contributed by atoms with Crippen molar-refractivity contribution in [3.8, 4) is 0 Å². The molecule has 0 saturated carbocycles. The molecule has 0 unspecified atom stereocenters. The SMILES string of the molecule is C[C@H](NC(=O)[C@@H]1CCCN(S(=O)(=O)c2ccc(F)cc2)C1)C(=O)NCCc1ccccc1. The lowest BCUT2D eigenvalue weighted by atomic mass is 9.98. The van der Waals surface area contributed by atoms with Crippen LogP contribution in [0.2, 0.25) is 0 Å². The molecule has 2 aromatic carbocycles. The molecule has 1 aliphatic rings. The minimum Gasteiger partial charge on any atom is -0.354 e. The molecule has 32 heavy (non-hydrogen) atoms. The van der Waals surface area contributed by atoms with Crippen molar-refractivity contribution in [2.45, 2.75) is 37.1 Å². The van der Waals surface area contributed by atoms with E-state index >= 15 is 0 Å². The molecule has 7 nitrogen and oxygen atoms in total. The van der Waals surface area contributed by atoms with E-state index in [1.807, 2.05) is 30.3 Å². The predicted molar refractivity (Wildman–Crippen MR) is 119 cm³/mol. The van der Waals surface area contributed by atoms with Gasteiger partial charge in [0.25, 0.3) is 0 Å². The minimum atomic E-state index is -3.82. The van der Waals surface area contributed by atoms with Gasteiger partial charge in [-0.05, 0) is 56.0 Å². The number of nitrogens with zero attached hydrogens (tertiary/aromatic N) is 1. The fourth-order valence-corrected chi connectivity index (χ4v) is 5.18. The molecule has 0 bridgehead atoms. The maximum atomic E-state index is 13.1. The Bertz CT molecular complexity index is 1030. The van der Waals surface area contributed by atoms with Gasteiger partial charge in [-0.3, -0.25) is 9.59 Å². The highest BCUT2D eigenvalue weighted by molar-refractivity contribution is 7.89. The van der Waals surface area contributed by atoms with Gasteiger partial charge in [-0.25, -0.2) is 12.8 Å². The molecule has 0 aromatic heterocycles. The van der Waals surface area contributed by atoms with Crippen LogP contribution in [0.1, 0.15) is 25.3 Å². The van der Waals surface area contributed by atoms with Crippen molar-refractivity contribution >= 4 is 21.8 Å². The molecule has 2 amide bonds. The van der Waals surface area contributed by atoms with Crippen LogP contribution < -0.4 is 10.6 Å². The van der Waals surface area contributed by atoms with Crippen molar-refractivity contribution in [2.75, 3.05) is 19.6 Å². The summed E-state index contributed by atoms with van der Waals surface area (Å²) in [7, 11) is -3.82. The quantitative estimate of drug-likeness (QED) is 0.629. The number of carbonyl (C=O) groups excluding carboxylic acids is 2. The number of hydrogen-bond donors (Lipinski definition) is 2. The summed E-state index contributed by atoms with van der Waals surface area (Å²) in [6.45, 7) is 2.37. The molecule has 0 radical (unpaired) electrons. The molecule has 1 saturated heterocycles. The summed E-state index contributed by atoms with van der Waals surface area (Å²) in [5, 5.41) is 5.50. The lowest BCUT2D eigenvalue weighted by molar-refractivity contribution is -0.131. The van der Waals surface area contributed by atoms with E-state index in [-0.39, 0.29) is 23.3 Å².